The minimum absolute atomic E-state index is 0.0273. The first kappa shape index (κ1) is 27.2. The molecular weight excluding hydrogens is 503 g/mol. The molecule has 2 aliphatic rings. The van der Waals surface area contributed by atoms with Crippen LogP contribution >= 0.6 is 0 Å². The third-order valence-corrected chi connectivity index (χ3v) is 7.77. The van der Waals surface area contributed by atoms with E-state index in [2.05, 4.69) is 34.6 Å². The number of piperidine rings is 2. The summed E-state index contributed by atoms with van der Waals surface area (Å²) in [5.74, 6) is -2.80. The first-order chi connectivity index (χ1) is 18.9. The normalized spacial score (nSPS) is 18.6. The van der Waals surface area contributed by atoms with Crippen LogP contribution in [0, 0.1) is 30.3 Å². The molecule has 0 bridgehead atoms. The zero-order valence-electron chi connectivity index (χ0n) is 22.1. The lowest BCUT2D eigenvalue weighted by atomic mass is 9.86. The van der Waals surface area contributed by atoms with Crippen LogP contribution in [0.25, 0.3) is 0 Å². The van der Waals surface area contributed by atoms with Gasteiger partial charge in [-0.05, 0) is 99.1 Å². The van der Waals surface area contributed by atoms with Crippen LogP contribution < -0.4 is 15.4 Å². The quantitative estimate of drug-likeness (QED) is 0.337. The van der Waals surface area contributed by atoms with Crippen LogP contribution in [0.4, 0.5) is 18.9 Å². The van der Waals surface area contributed by atoms with Gasteiger partial charge in [-0.15, -0.1) is 0 Å². The first-order valence-electron chi connectivity index (χ1n) is 13.6. The molecule has 0 spiro atoms. The number of anilines is 1. The van der Waals surface area contributed by atoms with E-state index in [1.165, 1.54) is 11.1 Å². The van der Waals surface area contributed by atoms with Crippen LogP contribution in [-0.4, -0.2) is 37.0 Å². The highest BCUT2D eigenvalue weighted by Crippen LogP contribution is 2.33. The Kier molecular flexibility index (Phi) is 8.53. The fraction of sp³-hybridized carbons (Fsp3) is 0.387. The Morgan fingerprint density at radius 1 is 0.974 bits per heavy atom. The minimum Gasteiger partial charge on any atom is -0.454 e. The third kappa shape index (κ3) is 6.81. The third-order valence-electron chi connectivity index (χ3n) is 7.77. The fourth-order valence-corrected chi connectivity index (χ4v) is 5.51. The van der Waals surface area contributed by atoms with Gasteiger partial charge < -0.3 is 15.4 Å². The van der Waals surface area contributed by atoms with E-state index >= 15 is 0 Å². The topological polar surface area (TPSA) is 53.6 Å². The van der Waals surface area contributed by atoms with Gasteiger partial charge in [-0.3, -0.25) is 9.69 Å². The Bertz CT molecular complexity index is 1300. The van der Waals surface area contributed by atoms with E-state index in [0.29, 0.717) is 23.8 Å². The van der Waals surface area contributed by atoms with Gasteiger partial charge in [0.15, 0.2) is 23.2 Å². The van der Waals surface area contributed by atoms with Crippen molar-refractivity contribution in [3.8, 4) is 11.5 Å². The summed E-state index contributed by atoms with van der Waals surface area (Å²) in [6, 6.07) is 14.6. The molecule has 2 fully saturated rings. The molecule has 5 nitrogen and oxygen atoms in total. The maximum atomic E-state index is 13.9. The highest BCUT2D eigenvalue weighted by Gasteiger charge is 2.24. The molecule has 2 N–H and O–H groups in total. The van der Waals surface area contributed by atoms with E-state index < -0.39 is 17.5 Å². The number of aryl methyl sites for hydroxylation is 1. The monoisotopic (exact) mass is 537 g/mol. The second-order valence-electron chi connectivity index (χ2n) is 10.6. The number of rotatable bonds is 7. The van der Waals surface area contributed by atoms with Gasteiger partial charge in [0.1, 0.15) is 5.75 Å². The fourth-order valence-electron chi connectivity index (χ4n) is 5.51. The molecule has 0 saturated carbocycles. The van der Waals surface area contributed by atoms with Crippen molar-refractivity contribution in [2.24, 2.45) is 5.92 Å². The van der Waals surface area contributed by atoms with E-state index in [0.717, 1.165) is 69.7 Å². The second kappa shape index (κ2) is 12.2. The molecule has 3 aromatic rings. The van der Waals surface area contributed by atoms with Crippen molar-refractivity contribution in [2.75, 3.05) is 31.5 Å². The number of halogens is 3. The zero-order chi connectivity index (χ0) is 27.4. The molecule has 1 unspecified atom stereocenters. The lowest BCUT2D eigenvalue weighted by molar-refractivity contribution is -0.120. The summed E-state index contributed by atoms with van der Waals surface area (Å²) in [7, 11) is 0. The maximum absolute atomic E-state index is 13.9. The van der Waals surface area contributed by atoms with Crippen LogP contribution in [0.5, 0.6) is 11.5 Å². The number of likely N-dealkylation sites (tertiary alicyclic amines) is 1. The molecule has 39 heavy (non-hydrogen) atoms. The van der Waals surface area contributed by atoms with E-state index in [9.17, 15) is 18.0 Å². The predicted octanol–water partition coefficient (Wildman–Crippen LogP) is 6.52. The number of nitrogens with one attached hydrogen (secondary N) is 2. The lowest BCUT2D eigenvalue weighted by Gasteiger charge is -2.33. The molecule has 1 atom stereocenters. The molecule has 0 aliphatic carbocycles. The van der Waals surface area contributed by atoms with Crippen molar-refractivity contribution in [1.29, 1.82) is 0 Å². The summed E-state index contributed by atoms with van der Waals surface area (Å²) in [5, 5.41) is 6.44. The molecule has 2 saturated heterocycles. The Morgan fingerprint density at radius 3 is 2.44 bits per heavy atom. The van der Waals surface area contributed by atoms with E-state index in [4.69, 9.17) is 4.74 Å². The Labute approximate surface area is 227 Å². The van der Waals surface area contributed by atoms with Gasteiger partial charge in [-0.2, -0.15) is 0 Å². The largest absolute Gasteiger partial charge is 0.454 e. The smallest absolute Gasteiger partial charge is 0.228 e. The lowest BCUT2D eigenvalue weighted by Crippen LogP contribution is -2.37. The number of nitrogens with zero attached hydrogens (tertiary/aromatic N) is 1. The van der Waals surface area contributed by atoms with E-state index in [1.807, 2.05) is 18.2 Å². The number of amides is 1. The molecule has 2 aliphatic heterocycles. The summed E-state index contributed by atoms with van der Waals surface area (Å²) in [6.07, 6.45) is 4.02. The van der Waals surface area contributed by atoms with Gasteiger partial charge in [0.25, 0.3) is 0 Å². The van der Waals surface area contributed by atoms with Crippen molar-refractivity contribution in [3.05, 3.63) is 88.7 Å². The van der Waals surface area contributed by atoms with Crippen LogP contribution in [0.1, 0.15) is 48.3 Å². The molecule has 8 heteroatoms. The predicted molar refractivity (Wildman–Crippen MR) is 145 cm³/mol. The van der Waals surface area contributed by atoms with Crippen molar-refractivity contribution in [3.63, 3.8) is 0 Å². The SMILES string of the molecule is Cc1ccc(NC(=O)C2CCCNC2)cc1C1CCN(Cc2ccc(Oc3cc(F)c(F)cc3F)cc2)CC1. The average molecular weight is 538 g/mol. The summed E-state index contributed by atoms with van der Waals surface area (Å²) in [5.41, 5.74) is 4.52. The van der Waals surface area contributed by atoms with Gasteiger partial charge in [0, 0.05) is 30.9 Å². The minimum atomic E-state index is -1.25. The highest BCUT2D eigenvalue weighted by atomic mass is 19.2. The van der Waals surface area contributed by atoms with E-state index in [1.54, 1.807) is 12.1 Å². The molecule has 206 valence electrons. The second-order valence-corrected chi connectivity index (χ2v) is 10.6. The number of hydrogen-bond acceptors (Lipinski definition) is 4. The highest BCUT2D eigenvalue weighted by molar-refractivity contribution is 5.92. The standard InChI is InChI=1S/C31H34F3N3O2/c1-20-4-7-24(36-31(38)23-3-2-12-35-18-23)15-26(20)22-10-13-37(14-11-22)19-21-5-8-25(9-6-21)39-30-17-28(33)27(32)16-29(30)34/h4-9,15-17,22-23,35H,2-3,10-14,18-19H2,1H3,(H,36,38). The van der Waals surface area contributed by atoms with Gasteiger partial charge >= 0.3 is 0 Å². The molecule has 1 amide bonds. The van der Waals surface area contributed by atoms with Gasteiger partial charge in [0.2, 0.25) is 5.91 Å². The molecular formula is C31H34F3N3O2. The molecule has 5 rings (SSSR count). The first-order valence-corrected chi connectivity index (χ1v) is 13.6. The molecule has 0 radical (unpaired) electrons. The zero-order valence-corrected chi connectivity index (χ0v) is 22.1. The number of hydrogen-bond donors (Lipinski definition) is 2. The van der Waals surface area contributed by atoms with Crippen LogP contribution in [0.15, 0.2) is 54.6 Å². The Morgan fingerprint density at radius 2 is 1.72 bits per heavy atom. The molecule has 0 aromatic heterocycles. The van der Waals surface area contributed by atoms with Crippen molar-refractivity contribution < 1.29 is 22.7 Å². The molecule has 3 aromatic carbocycles. The summed E-state index contributed by atoms with van der Waals surface area (Å²) < 4.78 is 45.9. The summed E-state index contributed by atoms with van der Waals surface area (Å²) in [4.78, 5) is 15.1. The Hall–Kier alpha value is -3.36. The Balaban J connectivity index is 1.14. The van der Waals surface area contributed by atoms with Gasteiger partial charge in [0.05, 0.1) is 5.92 Å². The van der Waals surface area contributed by atoms with Gasteiger partial charge in [-0.25, -0.2) is 13.2 Å². The van der Waals surface area contributed by atoms with Crippen molar-refractivity contribution in [2.45, 2.75) is 45.1 Å². The molecule has 2 heterocycles. The van der Waals surface area contributed by atoms with E-state index in [-0.39, 0.29) is 17.6 Å². The average Bonchev–Trinajstić information content (AvgIpc) is 2.95. The summed E-state index contributed by atoms with van der Waals surface area (Å²) >= 11 is 0. The van der Waals surface area contributed by atoms with Gasteiger partial charge in [-0.1, -0.05) is 18.2 Å². The van der Waals surface area contributed by atoms with Crippen LogP contribution in [0.2, 0.25) is 0 Å². The van der Waals surface area contributed by atoms with Crippen molar-refractivity contribution in [1.82, 2.24) is 10.2 Å². The summed E-state index contributed by atoms with van der Waals surface area (Å²) in [6.45, 7) is 6.54. The van der Waals surface area contributed by atoms with Crippen LogP contribution in [-0.2, 0) is 11.3 Å². The van der Waals surface area contributed by atoms with Crippen molar-refractivity contribution >= 4 is 11.6 Å². The number of carbonyl (C=O) groups excluding carboxylic acids is 1. The van der Waals surface area contributed by atoms with Crippen LogP contribution in [0.3, 0.4) is 0 Å². The number of carbonyl (C=O) groups is 1. The number of ether oxygens (including phenoxy) is 1. The number of benzene rings is 3. The maximum Gasteiger partial charge on any atom is 0.228 e.